The Bertz CT molecular complexity index is 557. The van der Waals surface area contributed by atoms with Crippen LogP contribution in [0.4, 0.5) is 5.82 Å². The minimum Gasteiger partial charge on any atom is -0.497 e. The average molecular weight is 271 g/mol. The number of methoxy groups -OCH3 is 1. The number of rotatable bonds is 6. The summed E-state index contributed by atoms with van der Waals surface area (Å²) in [5.74, 6) is 1.40. The van der Waals surface area contributed by atoms with Crippen LogP contribution in [0.15, 0.2) is 42.6 Å². The molecule has 0 bridgehead atoms. The first-order chi connectivity index (χ1) is 9.76. The van der Waals surface area contributed by atoms with Crippen molar-refractivity contribution in [2.75, 3.05) is 19.4 Å². The summed E-state index contributed by atoms with van der Waals surface area (Å²) in [6.45, 7) is 3.05. The zero-order chi connectivity index (χ0) is 14.4. The summed E-state index contributed by atoms with van der Waals surface area (Å²) >= 11 is 0. The van der Waals surface area contributed by atoms with Crippen molar-refractivity contribution < 1.29 is 4.74 Å². The standard InChI is InChI=1S/C16H21N3O/c1-3-9-18-15(14-8-5-10-19-16(14)17)12-6-4-7-13(11-12)20-2/h4-8,10-11,15,18H,3,9H2,1-2H3,(H2,17,19). The van der Waals surface area contributed by atoms with E-state index in [-0.39, 0.29) is 6.04 Å². The van der Waals surface area contributed by atoms with Gasteiger partial charge in [-0.05, 0) is 36.7 Å². The first kappa shape index (κ1) is 14.3. The number of nitrogens with two attached hydrogens (primary N) is 1. The van der Waals surface area contributed by atoms with Crippen LogP contribution in [0, 0.1) is 0 Å². The van der Waals surface area contributed by atoms with Crippen molar-refractivity contribution in [2.24, 2.45) is 0 Å². The zero-order valence-corrected chi connectivity index (χ0v) is 12.0. The van der Waals surface area contributed by atoms with Crippen LogP contribution < -0.4 is 15.8 Å². The molecule has 4 nitrogen and oxygen atoms in total. The van der Waals surface area contributed by atoms with Crippen molar-refractivity contribution in [3.63, 3.8) is 0 Å². The molecule has 3 N–H and O–H groups in total. The molecule has 0 spiro atoms. The molecule has 4 heteroatoms. The highest BCUT2D eigenvalue weighted by Crippen LogP contribution is 2.27. The van der Waals surface area contributed by atoms with E-state index in [2.05, 4.69) is 23.3 Å². The largest absolute Gasteiger partial charge is 0.497 e. The third-order valence-electron chi connectivity index (χ3n) is 3.21. The van der Waals surface area contributed by atoms with Crippen LogP contribution in [0.25, 0.3) is 0 Å². The summed E-state index contributed by atoms with van der Waals surface area (Å²) in [4.78, 5) is 4.18. The highest BCUT2D eigenvalue weighted by molar-refractivity contribution is 5.46. The van der Waals surface area contributed by atoms with E-state index in [1.165, 1.54) is 0 Å². The fraction of sp³-hybridized carbons (Fsp3) is 0.312. The minimum absolute atomic E-state index is 0.0266. The van der Waals surface area contributed by atoms with Gasteiger partial charge in [0.15, 0.2) is 0 Å². The average Bonchev–Trinajstić information content (AvgIpc) is 2.49. The molecule has 0 saturated carbocycles. The monoisotopic (exact) mass is 271 g/mol. The molecule has 1 aromatic heterocycles. The summed E-state index contributed by atoms with van der Waals surface area (Å²) in [6, 6.07) is 12.0. The van der Waals surface area contributed by atoms with Crippen LogP contribution in [0.2, 0.25) is 0 Å². The molecule has 106 valence electrons. The van der Waals surface area contributed by atoms with Gasteiger partial charge in [-0.1, -0.05) is 25.1 Å². The molecule has 0 aliphatic rings. The van der Waals surface area contributed by atoms with Gasteiger partial charge in [-0.2, -0.15) is 0 Å². The molecule has 2 aromatic rings. The molecule has 1 unspecified atom stereocenters. The summed E-state index contributed by atoms with van der Waals surface area (Å²) < 4.78 is 5.30. The molecule has 0 aliphatic carbocycles. The van der Waals surface area contributed by atoms with E-state index in [0.717, 1.165) is 29.8 Å². The van der Waals surface area contributed by atoms with Crippen molar-refractivity contribution in [1.82, 2.24) is 10.3 Å². The first-order valence-corrected chi connectivity index (χ1v) is 6.84. The third kappa shape index (κ3) is 3.27. The van der Waals surface area contributed by atoms with Gasteiger partial charge in [-0.25, -0.2) is 4.98 Å². The second-order valence-electron chi connectivity index (χ2n) is 4.64. The lowest BCUT2D eigenvalue weighted by Crippen LogP contribution is -2.24. The second-order valence-corrected chi connectivity index (χ2v) is 4.64. The lowest BCUT2D eigenvalue weighted by molar-refractivity contribution is 0.413. The van der Waals surface area contributed by atoms with Crippen molar-refractivity contribution in [3.8, 4) is 5.75 Å². The number of aromatic nitrogens is 1. The molecule has 20 heavy (non-hydrogen) atoms. The fourth-order valence-electron chi connectivity index (χ4n) is 2.19. The molecule has 2 rings (SSSR count). The van der Waals surface area contributed by atoms with Gasteiger partial charge in [-0.15, -0.1) is 0 Å². The zero-order valence-electron chi connectivity index (χ0n) is 12.0. The maximum atomic E-state index is 6.02. The smallest absolute Gasteiger partial charge is 0.128 e. The SMILES string of the molecule is CCCNC(c1cccc(OC)c1)c1cccnc1N. The Morgan fingerprint density at radius 2 is 2.15 bits per heavy atom. The Balaban J connectivity index is 2.38. The van der Waals surface area contributed by atoms with Crippen molar-refractivity contribution in [1.29, 1.82) is 0 Å². The molecule has 1 heterocycles. The molecular weight excluding hydrogens is 250 g/mol. The maximum absolute atomic E-state index is 6.02. The van der Waals surface area contributed by atoms with E-state index < -0.39 is 0 Å². The minimum atomic E-state index is 0.0266. The summed E-state index contributed by atoms with van der Waals surface area (Å²) in [6.07, 6.45) is 2.77. The highest BCUT2D eigenvalue weighted by atomic mass is 16.5. The van der Waals surface area contributed by atoms with Crippen LogP contribution in [0.1, 0.15) is 30.5 Å². The molecule has 0 aliphatic heterocycles. The van der Waals surface area contributed by atoms with Gasteiger partial charge in [0.1, 0.15) is 11.6 Å². The first-order valence-electron chi connectivity index (χ1n) is 6.84. The van der Waals surface area contributed by atoms with E-state index in [1.54, 1.807) is 13.3 Å². The second kappa shape index (κ2) is 6.91. The van der Waals surface area contributed by atoms with Gasteiger partial charge in [0.05, 0.1) is 13.2 Å². The van der Waals surface area contributed by atoms with E-state index in [0.29, 0.717) is 5.82 Å². The Kier molecular flexibility index (Phi) is 4.96. The quantitative estimate of drug-likeness (QED) is 0.848. The molecule has 0 radical (unpaired) electrons. The molecule has 1 aromatic carbocycles. The Hall–Kier alpha value is -2.07. The Morgan fingerprint density at radius 1 is 1.30 bits per heavy atom. The molecule has 0 amide bonds. The third-order valence-corrected chi connectivity index (χ3v) is 3.21. The van der Waals surface area contributed by atoms with Crippen LogP contribution >= 0.6 is 0 Å². The molecule has 0 saturated heterocycles. The number of hydrogen-bond acceptors (Lipinski definition) is 4. The number of nitrogens with zero attached hydrogens (tertiary/aromatic N) is 1. The predicted molar refractivity (Wildman–Crippen MR) is 81.8 cm³/mol. The fourth-order valence-corrected chi connectivity index (χ4v) is 2.19. The number of hydrogen-bond donors (Lipinski definition) is 2. The number of pyridine rings is 1. The van der Waals surface area contributed by atoms with Crippen LogP contribution in [-0.4, -0.2) is 18.6 Å². The predicted octanol–water partition coefficient (Wildman–Crippen LogP) is 2.76. The van der Waals surface area contributed by atoms with Crippen molar-refractivity contribution in [2.45, 2.75) is 19.4 Å². The van der Waals surface area contributed by atoms with Gasteiger partial charge in [-0.3, -0.25) is 0 Å². The van der Waals surface area contributed by atoms with E-state index >= 15 is 0 Å². The van der Waals surface area contributed by atoms with Crippen molar-refractivity contribution >= 4 is 5.82 Å². The van der Waals surface area contributed by atoms with Crippen LogP contribution in [0.3, 0.4) is 0 Å². The number of benzene rings is 1. The van der Waals surface area contributed by atoms with Gasteiger partial charge >= 0.3 is 0 Å². The van der Waals surface area contributed by atoms with Gasteiger partial charge in [0.25, 0.3) is 0 Å². The molecule has 1 atom stereocenters. The lowest BCUT2D eigenvalue weighted by atomic mass is 9.99. The van der Waals surface area contributed by atoms with Crippen LogP contribution in [-0.2, 0) is 0 Å². The number of ether oxygens (including phenoxy) is 1. The molecular formula is C16H21N3O. The number of nitrogen functional groups attached to an aromatic ring is 1. The number of nitrogens with one attached hydrogen (secondary N) is 1. The summed E-state index contributed by atoms with van der Waals surface area (Å²) in [5.41, 5.74) is 8.14. The van der Waals surface area contributed by atoms with E-state index in [4.69, 9.17) is 10.5 Å². The highest BCUT2D eigenvalue weighted by Gasteiger charge is 2.16. The van der Waals surface area contributed by atoms with Gasteiger partial charge < -0.3 is 15.8 Å². The van der Waals surface area contributed by atoms with Crippen LogP contribution in [0.5, 0.6) is 5.75 Å². The summed E-state index contributed by atoms with van der Waals surface area (Å²) in [7, 11) is 1.67. The lowest BCUT2D eigenvalue weighted by Gasteiger charge is -2.21. The van der Waals surface area contributed by atoms with E-state index in [1.807, 2.05) is 30.3 Å². The van der Waals surface area contributed by atoms with Crippen molar-refractivity contribution in [3.05, 3.63) is 53.7 Å². The van der Waals surface area contributed by atoms with Gasteiger partial charge in [0, 0.05) is 11.8 Å². The Morgan fingerprint density at radius 3 is 2.85 bits per heavy atom. The Labute approximate surface area is 120 Å². The van der Waals surface area contributed by atoms with E-state index in [9.17, 15) is 0 Å². The topological polar surface area (TPSA) is 60.2 Å². The normalized spacial score (nSPS) is 12.1. The maximum Gasteiger partial charge on any atom is 0.128 e. The van der Waals surface area contributed by atoms with Gasteiger partial charge in [0.2, 0.25) is 0 Å². The summed E-state index contributed by atoms with van der Waals surface area (Å²) in [5, 5.41) is 3.52. The number of anilines is 1. The molecule has 0 fully saturated rings.